The molecule has 14 nitrogen and oxygen atoms in total. The van der Waals surface area contributed by atoms with Crippen molar-refractivity contribution in [2.24, 2.45) is 0 Å². The first-order valence-electron chi connectivity index (χ1n) is 38.1. The van der Waals surface area contributed by atoms with Crippen LogP contribution in [0.25, 0.3) is 0 Å². The fourth-order valence-corrected chi connectivity index (χ4v) is 12.6. The van der Waals surface area contributed by atoms with Gasteiger partial charge in [-0.1, -0.05) is 294 Å². The van der Waals surface area contributed by atoms with Crippen molar-refractivity contribution >= 4 is 81.9 Å². The summed E-state index contributed by atoms with van der Waals surface area (Å²) in [6, 6.07) is 7.21. The van der Waals surface area contributed by atoms with E-state index >= 15 is 0 Å². The van der Waals surface area contributed by atoms with Gasteiger partial charge in [0.2, 0.25) is 0 Å². The number of carbonyl (C=O) groups is 4. The molecular formula is C80H130CaO14S2. The minimum atomic E-state index is -5.01. The topological polar surface area (TPSA) is 220 Å². The number of hydrogen-bond donors (Lipinski definition) is 0. The number of unbranched alkanes of at least 4 members (excludes halogenated alkanes) is 40. The zero-order chi connectivity index (χ0) is 70.3. The average molecular weight is 1420 g/mol. The van der Waals surface area contributed by atoms with E-state index in [0.29, 0.717) is 25.7 Å². The number of benzene rings is 2. The smallest absolute Gasteiger partial charge is 0.744 e. The minimum absolute atomic E-state index is 0. The van der Waals surface area contributed by atoms with E-state index < -0.39 is 65.0 Å². The van der Waals surface area contributed by atoms with Crippen molar-refractivity contribution in [1.82, 2.24) is 0 Å². The zero-order valence-corrected chi connectivity index (χ0v) is 64.9. The van der Waals surface area contributed by atoms with Gasteiger partial charge in [-0.25, -0.2) is 36.0 Å². The maximum atomic E-state index is 12.9. The third-order valence-corrected chi connectivity index (χ3v) is 18.7. The maximum Gasteiger partial charge on any atom is 2.00 e. The fraction of sp³-hybridized carbons (Fsp3) is 0.700. The normalized spacial score (nSPS) is 11.8. The molecule has 0 aliphatic carbocycles. The molecule has 0 unspecified atom stereocenters. The number of ether oxygens (including phenoxy) is 4. The van der Waals surface area contributed by atoms with Gasteiger partial charge in [-0.3, -0.25) is 0 Å². The Labute approximate surface area is 620 Å². The third-order valence-electron chi connectivity index (χ3n) is 16.9. The number of carbonyl (C=O) groups excluding carboxylic acids is 4. The Morgan fingerprint density at radius 3 is 0.680 bits per heavy atom. The SMILES string of the molecule is CCC/C=C/CCCCCCCCCCCOC(=O)c1cccc(S(=O)(=O)[O-])c1C(=O)OCCCCCCCCCCC/C=C/CCC.CCC/C=C/CCCCCCCCCCCOC(=O)c1cccc(S(=O)(=O)[O-])c1C(=O)OCCCCCCCCCCC/C=C/CCC.[Ca+2]. The number of allylic oxidation sites excluding steroid dienone is 8. The molecule has 0 bridgehead atoms. The predicted molar refractivity (Wildman–Crippen MR) is 397 cm³/mol. The second-order valence-corrected chi connectivity index (χ2v) is 28.4. The summed E-state index contributed by atoms with van der Waals surface area (Å²) in [4.78, 5) is 50.1. The molecule has 0 aliphatic heterocycles. The van der Waals surface area contributed by atoms with Gasteiger partial charge in [0, 0.05) is 0 Å². The zero-order valence-electron chi connectivity index (χ0n) is 61.1. The molecule has 548 valence electrons. The number of rotatable bonds is 62. The summed E-state index contributed by atoms with van der Waals surface area (Å²) < 4.78 is 93.0. The Balaban J connectivity index is 0.00000188. The van der Waals surface area contributed by atoms with Gasteiger partial charge >= 0.3 is 61.6 Å². The van der Waals surface area contributed by atoms with Crippen molar-refractivity contribution in [2.45, 2.75) is 346 Å². The van der Waals surface area contributed by atoms with Crippen LogP contribution in [-0.4, -0.2) is 114 Å². The van der Waals surface area contributed by atoms with Crippen LogP contribution < -0.4 is 0 Å². The summed E-state index contributed by atoms with van der Waals surface area (Å²) in [6.07, 6.45) is 72.2. The van der Waals surface area contributed by atoms with E-state index in [-0.39, 0.29) is 75.3 Å². The van der Waals surface area contributed by atoms with Crippen molar-refractivity contribution in [2.75, 3.05) is 26.4 Å². The van der Waals surface area contributed by atoms with Crippen molar-refractivity contribution < 1.29 is 64.1 Å². The summed E-state index contributed by atoms with van der Waals surface area (Å²) in [7, 11) is -10.0. The van der Waals surface area contributed by atoms with Gasteiger partial charge in [0.05, 0.1) is 58.5 Å². The molecule has 0 aromatic heterocycles. The molecule has 2 aromatic rings. The predicted octanol–water partition coefficient (Wildman–Crippen LogP) is 22.5. The summed E-state index contributed by atoms with van der Waals surface area (Å²) in [5, 5.41) is 0. The van der Waals surface area contributed by atoms with Crippen molar-refractivity contribution in [3.05, 3.63) is 107 Å². The van der Waals surface area contributed by atoms with Gasteiger partial charge in [0.15, 0.2) is 0 Å². The van der Waals surface area contributed by atoms with Crippen LogP contribution in [0.5, 0.6) is 0 Å². The molecule has 0 amide bonds. The standard InChI is InChI=1S/2C40H66O7S.Ca/c2*1-3-5-7-9-11-13-15-17-19-21-23-25-27-29-34-46-39(41)36-32-31-33-37(48(43,44)45)38(36)40(42)47-35-30-28-26-24-22-20-18-16-14-12-10-8-6-4-2;/h2*7-10,31-33H,3-6,11-30,34-35H2,1-2H3,(H,43,44,45);/q;;+2/p-2/b2*9-7+,10-8+;. The summed E-state index contributed by atoms with van der Waals surface area (Å²) in [6.45, 7) is 9.26. The molecular weight excluding hydrogens is 1290 g/mol. The van der Waals surface area contributed by atoms with Gasteiger partial charge < -0.3 is 28.1 Å². The van der Waals surface area contributed by atoms with Crippen LogP contribution in [0.2, 0.25) is 0 Å². The van der Waals surface area contributed by atoms with Gasteiger partial charge in [0.25, 0.3) is 0 Å². The Morgan fingerprint density at radius 1 is 0.289 bits per heavy atom. The van der Waals surface area contributed by atoms with Crippen LogP contribution in [0.1, 0.15) is 377 Å². The molecule has 17 heteroatoms. The Bertz CT molecular complexity index is 2470. The van der Waals surface area contributed by atoms with Crippen LogP contribution in [-0.2, 0) is 39.2 Å². The van der Waals surface area contributed by atoms with Crippen LogP contribution in [0.15, 0.2) is 94.8 Å². The van der Waals surface area contributed by atoms with Gasteiger partial charge in [-0.2, -0.15) is 0 Å². The van der Waals surface area contributed by atoms with Gasteiger partial charge in [-0.05, 0) is 127 Å². The Kier molecular flexibility index (Phi) is 63.2. The third kappa shape index (κ3) is 52.1. The number of hydrogen-bond acceptors (Lipinski definition) is 14. The maximum absolute atomic E-state index is 12.9. The largest absolute Gasteiger partial charge is 2.00 e. The van der Waals surface area contributed by atoms with E-state index in [0.717, 1.165) is 89.2 Å². The summed E-state index contributed by atoms with van der Waals surface area (Å²) >= 11 is 0. The average Bonchev–Trinajstić information content (AvgIpc) is 0.804. The quantitative estimate of drug-likeness (QED) is 0.0150. The minimum Gasteiger partial charge on any atom is -0.744 e. The van der Waals surface area contributed by atoms with Gasteiger partial charge in [-0.15, -0.1) is 0 Å². The molecule has 0 fully saturated rings. The van der Waals surface area contributed by atoms with E-state index in [4.69, 9.17) is 18.9 Å². The van der Waals surface area contributed by atoms with Crippen LogP contribution >= 0.6 is 0 Å². The molecule has 0 heterocycles. The van der Waals surface area contributed by atoms with E-state index in [1.807, 2.05) is 0 Å². The molecule has 2 aromatic carbocycles. The van der Waals surface area contributed by atoms with Crippen molar-refractivity contribution in [3.63, 3.8) is 0 Å². The first-order valence-corrected chi connectivity index (χ1v) is 40.9. The summed E-state index contributed by atoms with van der Waals surface area (Å²) in [5.41, 5.74) is -1.57. The van der Waals surface area contributed by atoms with Crippen molar-refractivity contribution in [3.8, 4) is 0 Å². The van der Waals surface area contributed by atoms with E-state index in [1.165, 1.54) is 230 Å². The summed E-state index contributed by atoms with van der Waals surface area (Å²) in [5.74, 6) is -3.64. The fourth-order valence-electron chi connectivity index (χ4n) is 11.2. The Hall–Kier alpha value is -3.64. The second kappa shape index (κ2) is 65.7. The molecule has 0 N–H and O–H groups in total. The van der Waals surface area contributed by atoms with E-state index in [2.05, 4.69) is 76.3 Å². The molecule has 0 aliphatic rings. The molecule has 2 rings (SSSR count). The first kappa shape index (κ1) is 93.4. The monoisotopic (exact) mass is 1420 g/mol. The van der Waals surface area contributed by atoms with Gasteiger partial charge in [0.1, 0.15) is 20.2 Å². The molecule has 0 atom stereocenters. The molecule has 0 radical (unpaired) electrons. The molecule has 97 heavy (non-hydrogen) atoms. The number of esters is 4. The van der Waals surface area contributed by atoms with E-state index in [1.54, 1.807) is 0 Å². The van der Waals surface area contributed by atoms with E-state index in [9.17, 15) is 45.1 Å². The first-order chi connectivity index (χ1) is 46.6. The van der Waals surface area contributed by atoms with Crippen LogP contribution in [0.3, 0.4) is 0 Å². The molecule has 0 saturated carbocycles. The second-order valence-electron chi connectivity index (χ2n) is 25.7. The molecule has 0 spiro atoms. The molecule has 0 saturated heterocycles. The Morgan fingerprint density at radius 2 is 0.474 bits per heavy atom. The van der Waals surface area contributed by atoms with Crippen LogP contribution in [0, 0.1) is 0 Å². The van der Waals surface area contributed by atoms with Crippen molar-refractivity contribution in [1.29, 1.82) is 0 Å². The van der Waals surface area contributed by atoms with Crippen LogP contribution in [0.4, 0.5) is 0 Å².